The number of fused-ring (bicyclic) bond motifs is 4. The van der Waals surface area contributed by atoms with Crippen molar-refractivity contribution in [1.29, 1.82) is 0 Å². The van der Waals surface area contributed by atoms with E-state index in [0.717, 1.165) is 87.2 Å². The van der Waals surface area contributed by atoms with E-state index in [1.54, 1.807) is 50.2 Å². The molecule has 16 aromatic carbocycles. The number of anilines is 4. The number of amides is 8. The summed E-state index contributed by atoms with van der Waals surface area (Å²) in [4.78, 5) is 174. The molecule has 4 aromatic heterocycles. The Labute approximate surface area is 778 Å². The van der Waals surface area contributed by atoms with Gasteiger partial charge < -0.3 is 14.0 Å². The average Bonchev–Trinajstić information content (AvgIpc) is 1.38. The van der Waals surface area contributed by atoms with Crippen LogP contribution in [0.4, 0.5) is 22.7 Å². The van der Waals surface area contributed by atoms with Gasteiger partial charge in [0.05, 0.1) is 89.8 Å². The fourth-order valence-electron chi connectivity index (χ4n) is 19.8. The van der Waals surface area contributed by atoms with Crippen LogP contribution in [0.1, 0.15) is 108 Å². The first-order valence-electron chi connectivity index (χ1n) is 44.1. The van der Waals surface area contributed by atoms with Crippen LogP contribution >= 0.6 is 0 Å². The molecule has 4 aliphatic heterocycles. The Morgan fingerprint density at radius 3 is 0.869 bits per heavy atom. The second kappa shape index (κ2) is 31.1. The zero-order valence-corrected chi connectivity index (χ0v) is 72.8. The number of carbonyl (C=O) groups excluding carboxylic acids is 10. The second-order valence-electron chi connectivity index (χ2n) is 34.2. The van der Waals surface area contributed by atoms with Gasteiger partial charge >= 0.3 is 11.9 Å². The number of rotatable bonds is 18. The lowest BCUT2D eigenvalue weighted by molar-refractivity contribution is -0.129. The van der Waals surface area contributed by atoms with Crippen molar-refractivity contribution in [1.82, 2.24) is 33.2 Å². The number of nitrogens with zero attached hydrogens (tertiary/aromatic N) is 11. The van der Waals surface area contributed by atoms with E-state index in [-0.39, 0.29) is 100 Å². The van der Waals surface area contributed by atoms with Gasteiger partial charge in [-0.25, -0.2) is 44.1 Å². The highest BCUT2D eigenvalue weighted by atomic mass is 16.5. The molecule has 23 nitrogen and oxygen atoms in total. The van der Waals surface area contributed by atoms with Crippen LogP contribution in [0.2, 0.25) is 0 Å². The van der Waals surface area contributed by atoms with Crippen LogP contribution in [0.15, 0.2) is 371 Å². The second-order valence-corrected chi connectivity index (χ2v) is 34.2. The molecule has 4 aliphatic rings. The normalized spacial score (nSPS) is 13.5. The fourth-order valence-corrected chi connectivity index (χ4v) is 19.8. The quantitative estimate of drug-likeness (QED) is 0.0335. The lowest BCUT2D eigenvalue weighted by Crippen LogP contribution is -2.44. The Bertz CT molecular complexity index is 7950. The predicted molar refractivity (Wildman–Crippen MR) is 524 cm³/mol. The van der Waals surface area contributed by atoms with E-state index < -0.39 is 64.6 Å². The summed E-state index contributed by atoms with van der Waals surface area (Å²) in [5, 5.41) is 1.15. The minimum absolute atomic E-state index is 0.0111. The first-order valence-corrected chi connectivity index (χ1v) is 44.1. The summed E-state index contributed by atoms with van der Waals surface area (Å²) in [5.41, 5.74) is 10.7. The first-order chi connectivity index (χ1) is 66.8. The molecule has 24 rings (SSSR count). The topological polar surface area (TPSA) is 261 Å². The van der Waals surface area contributed by atoms with E-state index in [9.17, 15) is 9.59 Å². The molecular formula is C114H69N11O12. The third-order valence-electron chi connectivity index (χ3n) is 26.3. The molecule has 137 heavy (non-hydrogen) atoms. The molecule has 0 N–H and O–H groups in total. The Morgan fingerprint density at radius 2 is 0.547 bits per heavy atom. The number of hydrogen-bond acceptors (Lipinski definition) is 15. The molecular weight excluding hydrogens is 1720 g/mol. The van der Waals surface area contributed by atoms with Gasteiger partial charge in [-0.15, -0.1) is 0 Å². The largest absolute Gasteiger partial charge is 0.421 e. The van der Waals surface area contributed by atoms with Crippen molar-refractivity contribution in [2.45, 2.75) is 19.3 Å². The molecule has 8 amide bonds. The molecule has 0 unspecified atom stereocenters. The summed E-state index contributed by atoms with van der Waals surface area (Å²) in [7, 11) is 0. The summed E-state index contributed by atoms with van der Waals surface area (Å²) in [5.74, 6) is -7.27. The van der Waals surface area contributed by atoms with Crippen LogP contribution in [-0.4, -0.2) is 92.4 Å². The maximum atomic E-state index is 16.0. The van der Waals surface area contributed by atoms with Gasteiger partial charge in [0.15, 0.2) is 11.5 Å². The zero-order chi connectivity index (χ0) is 93.2. The summed E-state index contributed by atoms with van der Waals surface area (Å²) in [6.07, 6.45) is 1.83. The number of hydrogen-bond donors (Lipinski definition) is 0. The van der Waals surface area contributed by atoms with Crippen LogP contribution < -0.4 is 29.1 Å². The Hall–Kier alpha value is -19.0. The molecule has 0 aliphatic carbocycles. The Morgan fingerprint density at radius 1 is 0.277 bits per heavy atom. The van der Waals surface area contributed by atoms with Crippen molar-refractivity contribution in [2.24, 2.45) is 0 Å². The molecule has 0 bridgehead atoms. The highest BCUT2D eigenvalue weighted by Gasteiger charge is 2.46. The fraction of sp³-hybridized carbons (Fsp3) is 0.0263. The van der Waals surface area contributed by atoms with Crippen molar-refractivity contribution in [3.8, 4) is 79.7 Å². The van der Waals surface area contributed by atoms with Gasteiger partial charge in [-0.2, -0.15) is 0 Å². The monoisotopic (exact) mass is 1780 g/mol. The SMILES string of the molecule is C=CC(=O)Oc1ccc(C(C)(C)c2ccc(OC(=O)C=C)c(N3C(=O)c4ccc5c6c(ccc(c46)C3=O)C(=O)N(c3cc(-n4c(-c6ccccc6)nc6ccccc64)cc(-n4c(-c6ccccc6)nc6ccccc64)c3)C5=O)c2)cc1N1C(=O)c2ccc3c4c(ccc(c24)C1=O)C(=O)N(c1cc(-n2c(-c4ccccc4)cc4ccccc42)cc(-n2c(-c4ccccc4)nc4ccccc42)c1)C3=O. The molecule has 652 valence electrons. The number of esters is 2. The zero-order valence-electron chi connectivity index (χ0n) is 72.8. The Balaban J connectivity index is 0.581. The molecule has 0 spiro atoms. The molecule has 0 atom stereocenters. The number of ether oxygens (including phenoxy) is 2. The highest BCUT2D eigenvalue weighted by Crippen LogP contribution is 2.50. The maximum absolute atomic E-state index is 16.0. The van der Waals surface area contributed by atoms with Gasteiger partial charge in [0.25, 0.3) is 47.3 Å². The highest BCUT2D eigenvalue weighted by molar-refractivity contribution is 6.44. The van der Waals surface area contributed by atoms with E-state index >= 15 is 38.4 Å². The van der Waals surface area contributed by atoms with E-state index in [1.165, 1.54) is 72.8 Å². The van der Waals surface area contributed by atoms with Gasteiger partial charge in [-0.05, 0) is 174 Å². The Kier molecular flexibility index (Phi) is 18.4. The van der Waals surface area contributed by atoms with Crippen molar-refractivity contribution >= 4 is 147 Å². The van der Waals surface area contributed by atoms with Gasteiger partial charge in [0.2, 0.25) is 0 Å². The van der Waals surface area contributed by atoms with Crippen molar-refractivity contribution in [3.05, 3.63) is 427 Å². The summed E-state index contributed by atoms with van der Waals surface area (Å²) in [6, 6.07) is 104. The molecule has 23 heteroatoms. The lowest BCUT2D eigenvalue weighted by Gasteiger charge is -2.34. The lowest BCUT2D eigenvalue weighted by atomic mass is 9.77. The molecule has 0 saturated carbocycles. The standard InChI is InChI=1S/C114H69N11O12/c1-5-97(126)136-95-53-43-69(56-93(95)124-110(132)81-49-45-77-99-78(46-50-82(101(81)99)111(124)133)107(129)122(106(77)128)75-59-71(118-88-39-23-19-35-68(88)55-92(118)64-27-11-7-12-28-64)58-72(61-75)119-89-40-24-20-36-85(89)115-103(119)65-29-13-8-14-30-65)114(3,4)70-44-54-96(137-98(127)6-2)94(57-70)125-112(134)83-51-47-79-100-80(48-52-84(102(83)100)113(125)135)109(131)123(108(79)130)76-62-73(120-90-41-25-21-37-86(90)116-104(120)66-31-15-9-16-32-66)60-74(63-76)121-91-42-26-22-38-87(91)117-105(121)67-33-17-10-18-34-67/h5-63H,1-2H2,3-4H3. The number of benzene rings is 16. The number of imide groups is 4. The molecule has 20 aromatic rings. The summed E-state index contributed by atoms with van der Waals surface area (Å²) >= 11 is 0. The van der Waals surface area contributed by atoms with E-state index in [1.807, 2.05) is 244 Å². The average molecular weight is 1780 g/mol. The number of carbonyl (C=O) groups is 10. The summed E-state index contributed by atoms with van der Waals surface area (Å²) in [6.45, 7) is 10.8. The third kappa shape index (κ3) is 12.6. The number of aromatic nitrogens is 7. The van der Waals surface area contributed by atoms with Crippen LogP contribution in [0.5, 0.6) is 11.5 Å². The van der Waals surface area contributed by atoms with Crippen molar-refractivity contribution in [2.75, 3.05) is 19.6 Å². The summed E-state index contributed by atoms with van der Waals surface area (Å²) < 4.78 is 19.9. The molecule has 0 saturated heterocycles. The smallest absolute Gasteiger partial charge is 0.335 e. The van der Waals surface area contributed by atoms with Crippen LogP contribution in [0, 0.1) is 0 Å². The van der Waals surface area contributed by atoms with Gasteiger partial charge in [0, 0.05) is 106 Å². The minimum Gasteiger partial charge on any atom is -0.421 e. The van der Waals surface area contributed by atoms with Crippen molar-refractivity contribution < 1.29 is 57.4 Å². The maximum Gasteiger partial charge on any atom is 0.335 e. The van der Waals surface area contributed by atoms with Crippen molar-refractivity contribution in [3.63, 3.8) is 0 Å². The van der Waals surface area contributed by atoms with E-state index in [0.29, 0.717) is 67.9 Å². The number of imidazole rings is 3. The molecule has 0 fully saturated rings. The van der Waals surface area contributed by atoms with Crippen LogP contribution in [0.25, 0.3) is 134 Å². The van der Waals surface area contributed by atoms with Crippen LogP contribution in [-0.2, 0) is 15.0 Å². The van der Waals surface area contributed by atoms with Gasteiger partial charge in [0.1, 0.15) is 17.5 Å². The first kappa shape index (κ1) is 81.2. The third-order valence-corrected chi connectivity index (χ3v) is 26.3. The van der Waals surface area contributed by atoms with Gasteiger partial charge in [-0.1, -0.05) is 215 Å². The molecule has 0 radical (unpaired) electrons. The van der Waals surface area contributed by atoms with E-state index in [4.69, 9.17) is 24.4 Å². The minimum atomic E-state index is -1.31. The molecule has 8 heterocycles. The predicted octanol–water partition coefficient (Wildman–Crippen LogP) is 22.3. The van der Waals surface area contributed by atoms with Gasteiger partial charge in [-0.3, -0.25) is 52.1 Å². The van der Waals surface area contributed by atoms with E-state index in [2.05, 4.69) is 23.8 Å². The van der Waals surface area contributed by atoms with Crippen LogP contribution in [0.3, 0.4) is 0 Å². The number of para-hydroxylation sites is 7.